The van der Waals surface area contributed by atoms with Gasteiger partial charge in [0.1, 0.15) is 0 Å². The molecule has 1 amide bonds. The van der Waals surface area contributed by atoms with E-state index in [9.17, 15) is 4.79 Å². The molecule has 1 unspecified atom stereocenters. The molecule has 18 heavy (non-hydrogen) atoms. The topological polar surface area (TPSA) is 53.6 Å². The molecule has 0 aromatic heterocycles. The molecule has 1 rings (SSSR count). The third-order valence-electron chi connectivity index (χ3n) is 3.17. The Morgan fingerprint density at radius 2 is 2.17 bits per heavy atom. The summed E-state index contributed by atoms with van der Waals surface area (Å²) in [6.45, 7) is 8.95. The van der Waals surface area contributed by atoms with Crippen molar-refractivity contribution in [3.8, 4) is 0 Å². The molecule has 0 aliphatic carbocycles. The Labute approximate surface area is 110 Å². The molecule has 0 bridgehead atoms. The third kappa shape index (κ3) is 6.93. The predicted octanol–water partition coefficient (Wildman–Crippen LogP) is 0.0705. The number of hydrogen-bond acceptors (Lipinski definition) is 4. The van der Waals surface area contributed by atoms with Gasteiger partial charge in [-0.05, 0) is 18.9 Å². The highest BCUT2D eigenvalue weighted by atomic mass is 16.5. The Balaban J connectivity index is 1.97. The molecule has 1 atom stereocenters. The fourth-order valence-corrected chi connectivity index (χ4v) is 2.20. The zero-order chi connectivity index (χ0) is 13.2. The van der Waals surface area contributed by atoms with Crippen molar-refractivity contribution in [2.75, 3.05) is 53.0 Å². The van der Waals surface area contributed by atoms with Crippen molar-refractivity contribution in [2.45, 2.75) is 19.8 Å². The van der Waals surface area contributed by atoms with Gasteiger partial charge in [-0.2, -0.15) is 0 Å². The number of rotatable bonds is 8. The molecule has 5 heteroatoms. The van der Waals surface area contributed by atoms with Gasteiger partial charge in [0.2, 0.25) is 5.91 Å². The minimum Gasteiger partial charge on any atom is -0.384 e. The zero-order valence-electron chi connectivity index (χ0n) is 11.7. The van der Waals surface area contributed by atoms with E-state index in [4.69, 9.17) is 4.74 Å². The first-order valence-electron chi connectivity index (χ1n) is 6.91. The molecule has 0 radical (unpaired) electrons. The van der Waals surface area contributed by atoms with Crippen molar-refractivity contribution in [3.05, 3.63) is 0 Å². The maximum Gasteiger partial charge on any atom is 0.220 e. The van der Waals surface area contributed by atoms with E-state index < -0.39 is 0 Å². The molecule has 0 saturated carbocycles. The maximum atomic E-state index is 11.6. The Kier molecular flexibility index (Phi) is 7.96. The van der Waals surface area contributed by atoms with Gasteiger partial charge in [-0.3, -0.25) is 4.79 Å². The fourth-order valence-electron chi connectivity index (χ4n) is 2.20. The van der Waals surface area contributed by atoms with Gasteiger partial charge in [-0.1, -0.05) is 6.92 Å². The van der Waals surface area contributed by atoms with Crippen LogP contribution in [0.15, 0.2) is 0 Å². The van der Waals surface area contributed by atoms with Gasteiger partial charge in [0, 0.05) is 52.9 Å². The van der Waals surface area contributed by atoms with E-state index in [1.54, 1.807) is 7.11 Å². The molecule has 1 aliphatic rings. The van der Waals surface area contributed by atoms with Crippen molar-refractivity contribution in [2.24, 2.45) is 5.92 Å². The number of carbonyl (C=O) groups excluding carboxylic acids is 1. The third-order valence-corrected chi connectivity index (χ3v) is 3.17. The smallest absolute Gasteiger partial charge is 0.220 e. The van der Waals surface area contributed by atoms with Gasteiger partial charge in [0.25, 0.3) is 0 Å². The molecule has 0 aromatic carbocycles. The second kappa shape index (κ2) is 9.30. The second-order valence-corrected chi connectivity index (χ2v) is 5.06. The Morgan fingerprint density at radius 1 is 1.44 bits per heavy atom. The Bertz CT molecular complexity index is 230. The lowest BCUT2D eigenvalue weighted by molar-refractivity contribution is -0.122. The molecule has 1 fully saturated rings. The summed E-state index contributed by atoms with van der Waals surface area (Å²) in [5.74, 6) is 0.433. The Morgan fingerprint density at radius 3 is 2.83 bits per heavy atom. The molecule has 1 heterocycles. The van der Waals surface area contributed by atoms with E-state index in [-0.39, 0.29) is 5.91 Å². The number of amides is 1. The molecular weight excluding hydrogens is 230 g/mol. The Hall–Kier alpha value is -0.650. The standard InChI is InChI=1S/C13H27N3O2/c1-12(11-18-2)10-13(17)15-4-3-7-16-8-5-14-6-9-16/h12,14H,3-11H2,1-2H3,(H,15,17). The van der Waals surface area contributed by atoms with Crippen LogP contribution in [0.3, 0.4) is 0 Å². The van der Waals surface area contributed by atoms with Crippen molar-refractivity contribution < 1.29 is 9.53 Å². The number of piperazine rings is 1. The highest BCUT2D eigenvalue weighted by molar-refractivity contribution is 5.76. The first-order valence-corrected chi connectivity index (χ1v) is 6.91. The normalized spacial score (nSPS) is 18.6. The lowest BCUT2D eigenvalue weighted by Gasteiger charge is -2.27. The summed E-state index contributed by atoms with van der Waals surface area (Å²) in [5, 5.41) is 6.31. The number of nitrogens with zero attached hydrogens (tertiary/aromatic N) is 1. The van der Waals surface area contributed by atoms with Gasteiger partial charge in [-0.25, -0.2) is 0 Å². The van der Waals surface area contributed by atoms with Crippen LogP contribution in [0.2, 0.25) is 0 Å². The summed E-state index contributed by atoms with van der Waals surface area (Å²) < 4.78 is 5.02. The van der Waals surface area contributed by atoms with Crippen LogP contribution in [0, 0.1) is 5.92 Å². The van der Waals surface area contributed by atoms with Gasteiger partial charge < -0.3 is 20.3 Å². The van der Waals surface area contributed by atoms with Crippen molar-refractivity contribution in [1.82, 2.24) is 15.5 Å². The van der Waals surface area contributed by atoms with Crippen LogP contribution in [0.5, 0.6) is 0 Å². The summed E-state index contributed by atoms with van der Waals surface area (Å²) >= 11 is 0. The summed E-state index contributed by atoms with van der Waals surface area (Å²) in [6, 6.07) is 0. The second-order valence-electron chi connectivity index (χ2n) is 5.06. The van der Waals surface area contributed by atoms with Crippen LogP contribution in [-0.4, -0.2) is 63.8 Å². The van der Waals surface area contributed by atoms with E-state index in [0.29, 0.717) is 18.9 Å². The monoisotopic (exact) mass is 257 g/mol. The van der Waals surface area contributed by atoms with E-state index >= 15 is 0 Å². The average molecular weight is 257 g/mol. The van der Waals surface area contributed by atoms with Gasteiger partial charge >= 0.3 is 0 Å². The van der Waals surface area contributed by atoms with E-state index in [1.807, 2.05) is 6.92 Å². The maximum absolute atomic E-state index is 11.6. The highest BCUT2D eigenvalue weighted by Crippen LogP contribution is 2.01. The number of hydrogen-bond donors (Lipinski definition) is 2. The van der Waals surface area contributed by atoms with Crippen LogP contribution in [0.4, 0.5) is 0 Å². The molecular formula is C13H27N3O2. The van der Waals surface area contributed by atoms with Crippen LogP contribution in [-0.2, 0) is 9.53 Å². The number of nitrogens with one attached hydrogen (secondary N) is 2. The average Bonchev–Trinajstić information content (AvgIpc) is 2.36. The molecule has 0 spiro atoms. The van der Waals surface area contributed by atoms with Crippen molar-refractivity contribution >= 4 is 5.91 Å². The lowest BCUT2D eigenvalue weighted by atomic mass is 10.1. The van der Waals surface area contributed by atoms with Crippen LogP contribution in [0.1, 0.15) is 19.8 Å². The van der Waals surface area contributed by atoms with E-state index in [2.05, 4.69) is 15.5 Å². The van der Waals surface area contributed by atoms with Crippen molar-refractivity contribution in [3.63, 3.8) is 0 Å². The summed E-state index contributed by atoms with van der Waals surface area (Å²) in [4.78, 5) is 14.0. The minimum atomic E-state index is 0.139. The number of ether oxygens (including phenoxy) is 1. The SMILES string of the molecule is COCC(C)CC(=O)NCCCN1CCNCC1. The summed E-state index contributed by atoms with van der Waals surface area (Å²) in [7, 11) is 1.67. The fraction of sp³-hybridized carbons (Fsp3) is 0.923. The van der Waals surface area contributed by atoms with Crippen LogP contribution >= 0.6 is 0 Å². The van der Waals surface area contributed by atoms with E-state index in [1.165, 1.54) is 0 Å². The number of methoxy groups -OCH3 is 1. The zero-order valence-corrected chi connectivity index (χ0v) is 11.7. The first kappa shape index (κ1) is 15.4. The molecule has 2 N–H and O–H groups in total. The van der Waals surface area contributed by atoms with Crippen molar-refractivity contribution in [1.29, 1.82) is 0 Å². The quantitative estimate of drug-likeness (QED) is 0.604. The molecule has 5 nitrogen and oxygen atoms in total. The predicted molar refractivity (Wildman–Crippen MR) is 72.6 cm³/mol. The van der Waals surface area contributed by atoms with Gasteiger partial charge in [-0.15, -0.1) is 0 Å². The first-order chi connectivity index (χ1) is 8.72. The van der Waals surface area contributed by atoms with Gasteiger partial charge in [0.05, 0.1) is 0 Å². The molecule has 1 saturated heterocycles. The molecule has 1 aliphatic heterocycles. The molecule has 106 valence electrons. The summed E-state index contributed by atoms with van der Waals surface area (Å²) in [6.07, 6.45) is 1.59. The van der Waals surface area contributed by atoms with Crippen LogP contribution in [0.25, 0.3) is 0 Å². The minimum absolute atomic E-state index is 0.139. The van der Waals surface area contributed by atoms with Gasteiger partial charge in [0.15, 0.2) is 0 Å². The highest BCUT2D eigenvalue weighted by Gasteiger charge is 2.10. The molecule has 0 aromatic rings. The van der Waals surface area contributed by atoms with E-state index in [0.717, 1.165) is 45.7 Å². The lowest BCUT2D eigenvalue weighted by Crippen LogP contribution is -2.44. The number of carbonyl (C=O) groups is 1. The van der Waals surface area contributed by atoms with Crippen LogP contribution < -0.4 is 10.6 Å². The largest absolute Gasteiger partial charge is 0.384 e. The summed E-state index contributed by atoms with van der Waals surface area (Å²) in [5.41, 5.74) is 0.